The largest absolute Gasteiger partial charge is 0.383 e. The van der Waals surface area contributed by atoms with Gasteiger partial charge in [-0.3, -0.25) is 4.90 Å². The van der Waals surface area contributed by atoms with Crippen molar-refractivity contribution in [2.24, 2.45) is 0 Å². The van der Waals surface area contributed by atoms with Crippen molar-refractivity contribution in [3.63, 3.8) is 0 Å². The number of hydrogen-bond acceptors (Lipinski definition) is 8. The third-order valence-corrected chi connectivity index (χ3v) is 7.93. The fourth-order valence-electron chi connectivity index (χ4n) is 5.98. The van der Waals surface area contributed by atoms with Crippen LogP contribution < -0.4 is 11.1 Å². The van der Waals surface area contributed by atoms with E-state index >= 15 is 0 Å². The van der Waals surface area contributed by atoms with Crippen molar-refractivity contribution in [1.29, 1.82) is 0 Å². The summed E-state index contributed by atoms with van der Waals surface area (Å²) in [7, 11) is 0. The highest BCUT2D eigenvalue weighted by molar-refractivity contribution is 5.99. The van der Waals surface area contributed by atoms with Gasteiger partial charge in [0, 0.05) is 30.4 Å². The van der Waals surface area contributed by atoms with Crippen LogP contribution in [0.4, 0.5) is 21.8 Å². The van der Waals surface area contributed by atoms with Crippen LogP contribution in [0.5, 0.6) is 0 Å². The normalized spacial score (nSPS) is 20.5. The first-order valence-electron chi connectivity index (χ1n) is 13.5. The van der Waals surface area contributed by atoms with Gasteiger partial charge in [0.15, 0.2) is 5.65 Å². The molecular weight excluding hydrogens is 497 g/mol. The third-order valence-electron chi connectivity index (χ3n) is 7.93. The molecule has 0 atom stereocenters. The van der Waals surface area contributed by atoms with Gasteiger partial charge in [0.05, 0.1) is 35.7 Å². The predicted molar refractivity (Wildman–Crippen MR) is 148 cm³/mol. The molecule has 1 aliphatic heterocycles. The monoisotopic (exact) mass is 527 g/mol. The summed E-state index contributed by atoms with van der Waals surface area (Å²) < 4.78 is 21.2. The zero-order chi connectivity index (χ0) is 26.3. The number of benzene rings is 2. The van der Waals surface area contributed by atoms with Gasteiger partial charge in [0.2, 0.25) is 5.95 Å². The molecule has 0 unspecified atom stereocenters. The summed E-state index contributed by atoms with van der Waals surface area (Å²) in [5.74, 6) is 0.639. The molecule has 0 amide bonds. The number of halogens is 1. The average Bonchev–Trinajstić information content (AvgIpc) is 3.55. The Morgan fingerprint density at radius 3 is 2.64 bits per heavy atom. The zero-order valence-corrected chi connectivity index (χ0v) is 21.5. The van der Waals surface area contributed by atoms with E-state index in [0.29, 0.717) is 23.5 Å². The Kier molecular flexibility index (Phi) is 6.09. The molecule has 4 heterocycles. The topological polar surface area (TPSA) is 123 Å². The minimum Gasteiger partial charge on any atom is -0.383 e. The van der Waals surface area contributed by atoms with Gasteiger partial charge in [0.1, 0.15) is 23.7 Å². The maximum Gasteiger partial charge on any atom is 0.205 e. The molecular formula is C28H30FN9O. The Morgan fingerprint density at radius 2 is 1.82 bits per heavy atom. The highest BCUT2D eigenvalue weighted by Gasteiger charge is 2.30. The number of nitrogens with two attached hydrogens (primary N) is 1. The molecule has 1 saturated carbocycles. The van der Waals surface area contributed by atoms with Crippen molar-refractivity contribution in [3.05, 3.63) is 54.6 Å². The van der Waals surface area contributed by atoms with Crippen molar-refractivity contribution >= 4 is 39.5 Å². The van der Waals surface area contributed by atoms with Gasteiger partial charge < -0.3 is 20.8 Å². The van der Waals surface area contributed by atoms with Crippen LogP contribution in [-0.2, 0) is 4.74 Å². The quantitative estimate of drug-likeness (QED) is 0.302. The van der Waals surface area contributed by atoms with E-state index in [1.165, 1.54) is 18.5 Å². The van der Waals surface area contributed by atoms with Gasteiger partial charge >= 0.3 is 0 Å². The minimum absolute atomic E-state index is 0.255. The second kappa shape index (κ2) is 9.90. The lowest BCUT2D eigenvalue weighted by molar-refractivity contribution is 0.00520. The first-order valence-corrected chi connectivity index (χ1v) is 13.5. The van der Waals surface area contributed by atoms with E-state index in [1.807, 2.05) is 18.2 Å². The van der Waals surface area contributed by atoms with Gasteiger partial charge in [-0.15, -0.1) is 0 Å². The molecule has 1 saturated heterocycles. The number of H-pyrrole nitrogens is 1. The van der Waals surface area contributed by atoms with E-state index in [0.717, 1.165) is 85.3 Å². The maximum atomic E-state index is 13.6. The summed E-state index contributed by atoms with van der Waals surface area (Å²) in [4.78, 5) is 19.4. The smallest absolute Gasteiger partial charge is 0.205 e. The van der Waals surface area contributed by atoms with Crippen LogP contribution >= 0.6 is 0 Å². The summed E-state index contributed by atoms with van der Waals surface area (Å²) in [6.07, 6.45) is 5.85. The molecule has 1 aliphatic carbocycles. The molecule has 0 spiro atoms. The first-order chi connectivity index (χ1) is 19.1. The second-order valence-corrected chi connectivity index (χ2v) is 10.3. The van der Waals surface area contributed by atoms with Crippen molar-refractivity contribution in [2.75, 3.05) is 37.4 Å². The van der Waals surface area contributed by atoms with Crippen LogP contribution in [-0.4, -0.2) is 67.0 Å². The lowest BCUT2D eigenvalue weighted by atomic mass is 9.90. The number of aromatic amines is 1. The minimum atomic E-state index is -0.310. The van der Waals surface area contributed by atoms with Gasteiger partial charge in [-0.1, -0.05) is 12.1 Å². The number of nitrogen functional groups attached to an aromatic ring is 1. The molecule has 39 heavy (non-hydrogen) atoms. The van der Waals surface area contributed by atoms with Gasteiger partial charge in [0.25, 0.3) is 0 Å². The lowest BCUT2D eigenvalue weighted by Gasteiger charge is -2.38. The van der Waals surface area contributed by atoms with Crippen LogP contribution in [0.15, 0.2) is 48.8 Å². The number of aromatic nitrogens is 6. The molecule has 200 valence electrons. The molecule has 0 radical (unpaired) electrons. The van der Waals surface area contributed by atoms with E-state index < -0.39 is 0 Å². The molecule has 2 fully saturated rings. The van der Waals surface area contributed by atoms with Gasteiger partial charge in [-0.25, -0.2) is 24.0 Å². The summed E-state index contributed by atoms with van der Waals surface area (Å²) >= 11 is 0. The number of ether oxygens (including phenoxy) is 1. The number of anilines is 3. The van der Waals surface area contributed by atoms with Gasteiger partial charge in [-0.2, -0.15) is 5.10 Å². The molecule has 11 heteroatoms. The number of nitrogens with one attached hydrogen (secondary N) is 2. The van der Waals surface area contributed by atoms with Crippen LogP contribution in [0, 0.1) is 5.82 Å². The number of imidazole rings is 1. The number of hydrogen-bond donors (Lipinski definition) is 3. The van der Waals surface area contributed by atoms with Crippen molar-refractivity contribution < 1.29 is 9.13 Å². The summed E-state index contributed by atoms with van der Waals surface area (Å²) in [5.41, 5.74) is 11.0. The van der Waals surface area contributed by atoms with Crippen molar-refractivity contribution in [1.82, 2.24) is 34.6 Å². The number of fused-ring (bicyclic) bond motifs is 2. The zero-order valence-electron chi connectivity index (χ0n) is 21.5. The number of nitrogens with zero attached hydrogens (tertiary/aromatic N) is 6. The molecule has 0 bridgehead atoms. The number of morpholine rings is 1. The highest BCUT2D eigenvalue weighted by Crippen LogP contribution is 2.37. The Morgan fingerprint density at radius 1 is 1.00 bits per heavy atom. The maximum absolute atomic E-state index is 13.6. The molecule has 5 aromatic rings. The lowest BCUT2D eigenvalue weighted by Crippen LogP contribution is -2.45. The van der Waals surface area contributed by atoms with E-state index in [9.17, 15) is 4.39 Å². The summed E-state index contributed by atoms with van der Waals surface area (Å²) in [5, 5.41) is 8.98. The van der Waals surface area contributed by atoms with Gasteiger partial charge in [-0.05, 0) is 56.0 Å². The van der Waals surface area contributed by atoms with Crippen LogP contribution in [0.25, 0.3) is 33.3 Å². The predicted octanol–water partition coefficient (Wildman–Crippen LogP) is 4.65. The first kappa shape index (κ1) is 24.0. The summed E-state index contributed by atoms with van der Waals surface area (Å²) in [6.45, 7) is 3.69. The Hall–Kier alpha value is -4.09. The van der Waals surface area contributed by atoms with Crippen molar-refractivity contribution in [3.8, 4) is 11.3 Å². The Bertz CT molecular complexity index is 1630. The Labute approximate surface area is 224 Å². The molecule has 4 N–H and O–H groups in total. The SMILES string of the molecule is Nc1ncnc2c1c(-c1ccc3nc(Nc4cccc(F)c4)[nH]c3c1)nn2[C@H]1CC[C@H](N2CCOCC2)CC1. The highest BCUT2D eigenvalue weighted by atomic mass is 19.1. The van der Waals surface area contributed by atoms with Crippen molar-refractivity contribution in [2.45, 2.75) is 37.8 Å². The van der Waals surface area contributed by atoms with E-state index in [1.54, 1.807) is 12.1 Å². The fourth-order valence-corrected chi connectivity index (χ4v) is 5.98. The van der Waals surface area contributed by atoms with E-state index in [4.69, 9.17) is 15.6 Å². The van der Waals surface area contributed by atoms with Crippen LogP contribution in [0.2, 0.25) is 0 Å². The fraction of sp³-hybridized carbons (Fsp3) is 0.357. The average molecular weight is 528 g/mol. The number of rotatable bonds is 5. The Balaban J connectivity index is 1.19. The molecule has 7 rings (SSSR count). The molecule has 2 aliphatic rings. The standard InChI is InChI=1S/C28H30FN9O/c29-18-2-1-3-19(15-18)33-28-34-22-9-4-17(14-23(22)35-28)25-24-26(30)31-16-32-27(24)38(36-25)21-7-5-20(6-8-21)37-10-12-39-13-11-37/h1-4,9,14-16,20-21H,5-8,10-13H2,(H2,30,31,32)(H2,33,34,35)/t20-,21-. The molecule has 3 aromatic heterocycles. The van der Waals surface area contributed by atoms with Crippen LogP contribution in [0.3, 0.4) is 0 Å². The van der Waals surface area contributed by atoms with Crippen LogP contribution in [0.1, 0.15) is 31.7 Å². The molecule has 2 aromatic carbocycles. The summed E-state index contributed by atoms with van der Waals surface area (Å²) in [6, 6.07) is 13.1. The molecule has 10 nitrogen and oxygen atoms in total. The third kappa shape index (κ3) is 4.57. The van der Waals surface area contributed by atoms with E-state index in [2.05, 4.69) is 34.8 Å². The van der Waals surface area contributed by atoms with E-state index in [-0.39, 0.29) is 11.9 Å². The second-order valence-electron chi connectivity index (χ2n) is 10.3.